The van der Waals surface area contributed by atoms with Crippen molar-refractivity contribution in [3.05, 3.63) is 93.5 Å². The molecule has 0 bridgehead atoms. The number of carbonyl (C=O) groups excluding carboxylic acids is 1. The van der Waals surface area contributed by atoms with E-state index in [4.69, 9.17) is 16.3 Å². The van der Waals surface area contributed by atoms with E-state index in [-0.39, 0.29) is 23.8 Å². The lowest BCUT2D eigenvalue weighted by atomic mass is 10.1. The Balaban J connectivity index is 1.68. The van der Waals surface area contributed by atoms with E-state index in [0.717, 1.165) is 0 Å². The van der Waals surface area contributed by atoms with E-state index in [9.17, 15) is 14.9 Å². The molecule has 3 aromatic carbocycles. The zero-order valence-corrected chi connectivity index (χ0v) is 17.0. The maximum Gasteiger partial charge on any atom is 0.293 e. The molecule has 1 N–H and O–H groups in total. The van der Waals surface area contributed by atoms with Crippen molar-refractivity contribution in [2.45, 2.75) is 0 Å². The Bertz CT molecular complexity index is 1040. The van der Waals surface area contributed by atoms with Gasteiger partial charge in [-0.2, -0.15) is 0 Å². The summed E-state index contributed by atoms with van der Waals surface area (Å²) in [6, 6.07) is 20.5. The number of nitrogens with zero attached hydrogens (tertiary/aromatic N) is 2. The molecule has 1 amide bonds. The second-order valence-corrected chi connectivity index (χ2v) is 6.89. The number of rotatable bonds is 8. The molecule has 0 saturated carbocycles. The first-order chi connectivity index (χ1) is 14.5. The maximum absolute atomic E-state index is 12.7. The molecule has 3 aromatic rings. The minimum atomic E-state index is -0.511. The fourth-order valence-corrected chi connectivity index (χ4v) is 2.96. The van der Waals surface area contributed by atoms with E-state index in [1.54, 1.807) is 49.5 Å². The van der Waals surface area contributed by atoms with E-state index >= 15 is 0 Å². The first-order valence-electron chi connectivity index (χ1n) is 9.19. The SMILES string of the molecule is CN(CCOc1ccccc1Cl)C(=O)c1ccc(Nc2ccccc2)c([N+](=O)[O-])c1. The van der Waals surface area contributed by atoms with Crippen molar-refractivity contribution in [3.63, 3.8) is 0 Å². The number of hydrogen-bond donors (Lipinski definition) is 1. The van der Waals surface area contributed by atoms with Gasteiger partial charge in [0.05, 0.1) is 16.5 Å². The number of benzene rings is 3. The predicted molar refractivity (Wildman–Crippen MR) is 117 cm³/mol. The van der Waals surface area contributed by atoms with Crippen molar-refractivity contribution in [2.75, 3.05) is 25.5 Å². The Hall–Kier alpha value is -3.58. The molecule has 0 aliphatic carbocycles. The lowest BCUT2D eigenvalue weighted by molar-refractivity contribution is -0.383. The van der Waals surface area contributed by atoms with Gasteiger partial charge >= 0.3 is 0 Å². The summed E-state index contributed by atoms with van der Waals surface area (Å²) in [5, 5.41) is 15.0. The maximum atomic E-state index is 12.7. The molecule has 3 rings (SSSR count). The number of nitro benzene ring substituents is 1. The highest BCUT2D eigenvalue weighted by Gasteiger charge is 2.20. The summed E-state index contributed by atoms with van der Waals surface area (Å²) in [4.78, 5) is 25.2. The molecule has 154 valence electrons. The van der Waals surface area contributed by atoms with Crippen molar-refractivity contribution in [1.82, 2.24) is 4.90 Å². The zero-order valence-electron chi connectivity index (χ0n) is 16.2. The summed E-state index contributed by atoms with van der Waals surface area (Å²) in [5.41, 5.74) is 1.08. The number of carbonyl (C=O) groups is 1. The summed E-state index contributed by atoms with van der Waals surface area (Å²) in [7, 11) is 1.61. The van der Waals surface area contributed by atoms with E-state index in [0.29, 0.717) is 28.7 Å². The van der Waals surface area contributed by atoms with Crippen LogP contribution in [0.1, 0.15) is 10.4 Å². The van der Waals surface area contributed by atoms with Crippen LogP contribution in [-0.4, -0.2) is 35.9 Å². The van der Waals surface area contributed by atoms with Crippen molar-refractivity contribution < 1.29 is 14.5 Å². The van der Waals surface area contributed by atoms with Gasteiger partial charge in [-0.05, 0) is 36.4 Å². The van der Waals surface area contributed by atoms with Gasteiger partial charge in [0.25, 0.3) is 11.6 Å². The third-order valence-electron chi connectivity index (χ3n) is 4.36. The normalized spacial score (nSPS) is 10.3. The summed E-state index contributed by atoms with van der Waals surface area (Å²) >= 11 is 6.04. The summed E-state index contributed by atoms with van der Waals surface area (Å²) in [5.74, 6) is 0.194. The minimum absolute atomic E-state index is 0.176. The van der Waals surface area contributed by atoms with Gasteiger partial charge in [0.2, 0.25) is 0 Å². The quantitative estimate of drug-likeness (QED) is 0.399. The molecule has 0 aromatic heterocycles. The molecule has 0 atom stereocenters. The molecule has 0 spiro atoms. The lowest BCUT2D eigenvalue weighted by Gasteiger charge is -2.18. The van der Waals surface area contributed by atoms with Crippen LogP contribution in [0.4, 0.5) is 17.1 Å². The highest BCUT2D eigenvalue weighted by molar-refractivity contribution is 6.32. The lowest BCUT2D eigenvalue weighted by Crippen LogP contribution is -2.31. The molecule has 8 heteroatoms. The molecule has 0 radical (unpaired) electrons. The second-order valence-electron chi connectivity index (χ2n) is 6.49. The first kappa shape index (κ1) is 21.1. The highest BCUT2D eigenvalue weighted by Crippen LogP contribution is 2.29. The monoisotopic (exact) mass is 425 g/mol. The summed E-state index contributed by atoms with van der Waals surface area (Å²) in [6.07, 6.45) is 0. The molecule has 0 aliphatic rings. The van der Waals surface area contributed by atoms with E-state index in [2.05, 4.69) is 5.32 Å². The van der Waals surface area contributed by atoms with Gasteiger partial charge in [0.15, 0.2) is 0 Å². The van der Waals surface area contributed by atoms with Crippen molar-refractivity contribution in [3.8, 4) is 5.75 Å². The van der Waals surface area contributed by atoms with Gasteiger partial charge in [-0.15, -0.1) is 0 Å². The van der Waals surface area contributed by atoms with Crippen LogP contribution in [0.5, 0.6) is 5.75 Å². The Morgan fingerprint density at radius 1 is 1.10 bits per heavy atom. The van der Waals surface area contributed by atoms with E-state index < -0.39 is 4.92 Å². The average Bonchev–Trinajstić information content (AvgIpc) is 2.75. The average molecular weight is 426 g/mol. The Morgan fingerprint density at radius 3 is 2.50 bits per heavy atom. The number of nitro groups is 1. The smallest absolute Gasteiger partial charge is 0.293 e. The predicted octanol–water partition coefficient (Wildman–Crippen LogP) is 5.14. The van der Waals surface area contributed by atoms with Crippen molar-refractivity contribution >= 4 is 34.6 Å². The van der Waals surface area contributed by atoms with Gasteiger partial charge in [0.1, 0.15) is 18.0 Å². The molecule has 30 heavy (non-hydrogen) atoms. The molecule has 0 saturated heterocycles. The Morgan fingerprint density at radius 2 is 1.80 bits per heavy atom. The van der Waals surface area contributed by atoms with Gasteiger partial charge < -0.3 is 15.0 Å². The summed E-state index contributed by atoms with van der Waals surface area (Å²) in [6.45, 7) is 0.531. The Kier molecular flexibility index (Phi) is 6.87. The van der Waals surface area contributed by atoms with Gasteiger partial charge in [-0.25, -0.2) is 0 Å². The molecular weight excluding hydrogens is 406 g/mol. The van der Waals surface area contributed by atoms with Crippen LogP contribution in [0.2, 0.25) is 5.02 Å². The van der Waals surface area contributed by atoms with Crippen LogP contribution in [0.25, 0.3) is 0 Å². The van der Waals surface area contributed by atoms with Crippen LogP contribution in [0.3, 0.4) is 0 Å². The van der Waals surface area contributed by atoms with Crippen LogP contribution >= 0.6 is 11.6 Å². The highest BCUT2D eigenvalue weighted by atomic mass is 35.5. The molecule has 0 unspecified atom stereocenters. The van der Waals surface area contributed by atoms with E-state index in [1.165, 1.54) is 17.0 Å². The third-order valence-corrected chi connectivity index (χ3v) is 4.67. The number of anilines is 2. The molecular formula is C22H20ClN3O4. The number of ether oxygens (including phenoxy) is 1. The van der Waals surface area contributed by atoms with Gasteiger partial charge in [-0.1, -0.05) is 41.9 Å². The molecule has 0 fully saturated rings. The number of nitrogens with one attached hydrogen (secondary N) is 1. The fourth-order valence-electron chi connectivity index (χ4n) is 2.77. The molecule has 7 nitrogen and oxygen atoms in total. The molecule has 0 heterocycles. The third kappa shape index (κ3) is 5.27. The van der Waals surface area contributed by atoms with Gasteiger partial charge in [0, 0.05) is 24.4 Å². The first-order valence-corrected chi connectivity index (χ1v) is 9.57. The van der Waals surface area contributed by atoms with Crippen LogP contribution in [0, 0.1) is 10.1 Å². The van der Waals surface area contributed by atoms with E-state index in [1.807, 2.05) is 18.2 Å². The number of amides is 1. The van der Waals surface area contributed by atoms with Crippen LogP contribution in [-0.2, 0) is 0 Å². The number of likely N-dealkylation sites (N-methyl/N-ethyl adjacent to an activating group) is 1. The van der Waals surface area contributed by atoms with Crippen molar-refractivity contribution in [2.24, 2.45) is 0 Å². The number of hydrogen-bond acceptors (Lipinski definition) is 5. The fraction of sp³-hybridized carbons (Fsp3) is 0.136. The molecule has 0 aliphatic heterocycles. The van der Waals surface area contributed by atoms with Crippen molar-refractivity contribution in [1.29, 1.82) is 0 Å². The Labute approximate surface area is 179 Å². The largest absolute Gasteiger partial charge is 0.490 e. The number of para-hydroxylation sites is 2. The zero-order chi connectivity index (χ0) is 21.5. The van der Waals surface area contributed by atoms with Crippen LogP contribution in [0.15, 0.2) is 72.8 Å². The number of halogens is 1. The topological polar surface area (TPSA) is 84.7 Å². The second kappa shape index (κ2) is 9.76. The van der Waals surface area contributed by atoms with Gasteiger partial charge in [-0.3, -0.25) is 14.9 Å². The standard InChI is InChI=1S/C22H20ClN3O4/c1-25(13-14-30-21-10-6-5-9-18(21)23)22(27)16-11-12-19(20(15-16)26(28)29)24-17-7-3-2-4-8-17/h2-12,15,24H,13-14H2,1H3. The summed E-state index contributed by atoms with van der Waals surface area (Å²) < 4.78 is 5.60. The van der Waals surface area contributed by atoms with Crippen LogP contribution < -0.4 is 10.1 Å². The minimum Gasteiger partial charge on any atom is -0.490 e.